The van der Waals surface area contributed by atoms with Gasteiger partial charge in [-0.05, 0) is 42.3 Å². The Kier molecular flexibility index (Phi) is 4.09. The molecular formula is C16H16FN3O. The molecule has 1 aromatic carbocycles. The summed E-state index contributed by atoms with van der Waals surface area (Å²) in [6, 6.07) is 8.60. The number of nitrogens with one attached hydrogen (secondary N) is 1. The van der Waals surface area contributed by atoms with Crippen LogP contribution >= 0.6 is 0 Å². The summed E-state index contributed by atoms with van der Waals surface area (Å²) in [6.45, 7) is 1.98. The van der Waals surface area contributed by atoms with E-state index in [0.29, 0.717) is 6.61 Å². The monoisotopic (exact) mass is 285 g/mol. The average Bonchev–Trinajstić information content (AvgIpc) is 2.55. The Morgan fingerprint density at radius 3 is 2.76 bits per heavy atom. The summed E-state index contributed by atoms with van der Waals surface area (Å²) in [5, 5.41) is 3.18. The van der Waals surface area contributed by atoms with Crippen molar-refractivity contribution in [3.05, 3.63) is 59.7 Å². The average molecular weight is 285 g/mol. The first kappa shape index (κ1) is 13.5. The predicted octanol–water partition coefficient (Wildman–Crippen LogP) is 2.54. The SMILES string of the molecule is Fc1cc(C2=NCCCN2)ccc1OCc1ccncc1. The van der Waals surface area contributed by atoms with E-state index in [9.17, 15) is 4.39 Å². The lowest BCUT2D eigenvalue weighted by Gasteiger charge is -2.15. The fourth-order valence-corrected chi connectivity index (χ4v) is 2.13. The normalized spacial score (nSPS) is 14.2. The number of aliphatic imine (C=N–C) groups is 1. The van der Waals surface area contributed by atoms with E-state index in [1.54, 1.807) is 18.5 Å². The van der Waals surface area contributed by atoms with E-state index in [1.807, 2.05) is 18.2 Å². The molecule has 1 aliphatic heterocycles. The number of rotatable bonds is 4. The summed E-state index contributed by atoms with van der Waals surface area (Å²) in [6.07, 6.45) is 4.38. The van der Waals surface area contributed by atoms with Gasteiger partial charge in [0.1, 0.15) is 12.4 Å². The molecule has 0 bridgehead atoms. The van der Waals surface area contributed by atoms with Gasteiger partial charge in [0, 0.05) is 31.0 Å². The van der Waals surface area contributed by atoms with Crippen molar-refractivity contribution in [2.75, 3.05) is 13.1 Å². The molecule has 0 aliphatic carbocycles. The van der Waals surface area contributed by atoms with Gasteiger partial charge in [0.2, 0.25) is 0 Å². The van der Waals surface area contributed by atoms with Crippen molar-refractivity contribution in [2.45, 2.75) is 13.0 Å². The van der Waals surface area contributed by atoms with Crippen molar-refractivity contribution < 1.29 is 9.13 Å². The van der Waals surface area contributed by atoms with Gasteiger partial charge in [-0.25, -0.2) is 4.39 Å². The molecule has 1 aromatic heterocycles. The second-order valence-corrected chi connectivity index (χ2v) is 4.80. The van der Waals surface area contributed by atoms with E-state index in [0.717, 1.165) is 36.5 Å². The maximum absolute atomic E-state index is 14.1. The molecular weight excluding hydrogens is 269 g/mol. The molecule has 21 heavy (non-hydrogen) atoms. The van der Waals surface area contributed by atoms with Gasteiger partial charge in [-0.2, -0.15) is 0 Å². The standard InChI is InChI=1S/C16H16FN3O/c17-14-10-13(16-19-6-1-7-20-16)2-3-15(14)21-11-12-4-8-18-9-5-12/h2-5,8-10H,1,6-7,11H2,(H,19,20). The van der Waals surface area contributed by atoms with Crippen LogP contribution in [0.2, 0.25) is 0 Å². The van der Waals surface area contributed by atoms with E-state index < -0.39 is 0 Å². The summed E-state index contributed by atoms with van der Waals surface area (Å²) < 4.78 is 19.6. The number of hydrogen-bond donors (Lipinski definition) is 1. The van der Waals surface area contributed by atoms with Gasteiger partial charge in [-0.15, -0.1) is 0 Å². The molecule has 0 spiro atoms. The topological polar surface area (TPSA) is 46.5 Å². The zero-order chi connectivity index (χ0) is 14.5. The zero-order valence-corrected chi connectivity index (χ0v) is 11.6. The highest BCUT2D eigenvalue weighted by Crippen LogP contribution is 2.20. The third-order valence-electron chi connectivity index (χ3n) is 3.25. The lowest BCUT2D eigenvalue weighted by molar-refractivity contribution is 0.290. The third kappa shape index (κ3) is 3.37. The lowest BCUT2D eigenvalue weighted by Crippen LogP contribution is -2.30. The summed E-state index contributed by atoms with van der Waals surface area (Å²) in [5.41, 5.74) is 1.70. The van der Waals surface area contributed by atoms with Crippen molar-refractivity contribution in [3.8, 4) is 5.75 Å². The number of pyridine rings is 1. The minimum absolute atomic E-state index is 0.243. The Labute approximate surface area is 122 Å². The van der Waals surface area contributed by atoms with Gasteiger partial charge in [0.05, 0.1) is 0 Å². The largest absolute Gasteiger partial charge is 0.486 e. The molecule has 1 N–H and O–H groups in total. The number of aromatic nitrogens is 1. The van der Waals surface area contributed by atoms with Gasteiger partial charge in [0.15, 0.2) is 11.6 Å². The first-order chi connectivity index (χ1) is 10.3. The number of ether oxygens (including phenoxy) is 1. The van der Waals surface area contributed by atoms with Crippen LogP contribution in [0.1, 0.15) is 17.5 Å². The van der Waals surface area contributed by atoms with Crippen molar-refractivity contribution in [1.82, 2.24) is 10.3 Å². The van der Waals surface area contributed by atoms with Crippen LogP contribution in [0.25, 0.3) is 0 Å². The Bertz CT molecular complexity index is 643. The summed E-state index contributed by atoms with van der Waals surface area (Å²) in [5.74, 6) is 0.615. The van der Waals surface area contributed by atoms with E-state index in [-0.39, 0.29) is 11.6 Å². The maximum Gasteiger partial charge on any atom is 0.165 e. The number of nitrogens with zero attached hydrogens (tertiary/aromatic N) is 2. The van der Waals surface area contributed by atoms with Crippen LogP contribution in [0, 0.1) is 5.82 Å². The number of hydrogen-bond acceptors (Lipinski definition) is 4. The van der Waals surface area contributed by atoms with E-state index in [2.05, 4.69) is 15.3 Å². The van der Waals surface area contributed by atoms with Crippen LogP contribution < -0.4 is 10.1 Å². The van der Waals surface area contributed by atoms with E-state index in [1.165, 1.54) is 6.07 Å². The molecule has 5 heteroatoms. The summed E-state index contributed by atoms with van der Waals surface area (Å²) in [4.78, 5) is 8.29. The first-order valence-electron chi connectivity index (χ1n) is 6.93. The highest BCUT2D eigenvalue weighted by Gasteiger charge is 2.11. The van der Waals surface area contributed by atoms with Crippen molar-refractivity contribution in [3.63, 3.8) is 0 Å². The molecule has 0 unspecified atom stereocenters. The van der Waals surface area contributed by atoms with Gasteiger partial charge < -0.3 is 10.1 Å². The van der Waals surface area contributed by atoms with Gasteiger partial charge in [0.25, 0.3) is 0 Å². The smallest absolute Gasteiger partial charge is 0.165 e. The van der Waals surface area contributed by atoms with Crippen LogP contribution in [0.5, 0.6) is 5.75 Å². The van der Waals surface area contributed by atoms with Gasteiger partial charge in [-0.3, -0.25) is 9.98 Å². The van der Waals surface area contributed by atoms with Crippen molar-refractivity contribution in [1.29, 1.82) is 0 Å². The van der Waals surface area contributed by atoms with E-state index in [4.69, 9.17) is 4.74 Å². The van der Waals surface area contributed by atoms with Crippen LogP contribution in [0.3, 0.4) is 0 Å². The second kappa shape index (κ2) is 6.35. The maximum atomic E-state index is 14.1. The highest BCUT2D eigenvalue weighted by atomic mass is 19.1. The van der Waals surface area contributed by atoms with E-state index >= 15 is 0 Å². The molecule has 3 rings (SSSR count). The molecule has 0 fully saturated rings. The van der Waals surface area contributed by atoms with Crippen LogP contribution in [0.4, 0.5) is 4.39 Å². The van der Waals surface area contributed by atoms with Crippen molar-refractivity contribution >= 4 is 5.84 Å². The quantitative estimate of drug-likeness (QED) is 0.939. The fourth-order valence-electron chi connectivity index (χ4n) is 2.13. The Hall–Kier alpha value is -2.43. The second-order valence-electron chi connectivity index (χ2n) is 4.80. The van der Waals surface area contributed by atoms with Gasteiger partial charge in [-0.1, -0.05) is 0 Å². The first-order valence-corrected chi connectivity index (χ1v) is 6.93. The molecule has 4 nitrogen and oxygen atoms in total. The Morgan fingerprint density at radius 1 is 1.19 bits per heavy atom. The number of amidine groups is 1. The molecule has 108 valence electrons. The highest BCUT2D eigenvalue weighted by molar-refractivity contribution is 5.99. The minimum Gasteiger partial charge on any atom is -0.486 e. The molecule has 1 aliphatic rings. The Morgan fingerprint density at radius 2 is 2.05 bits per heavy atom. The number of halogens is 1. The zero-order valence-electron chi connectivity index (χ0n) is 11.6. The minimum atomic E-state index is -0.378. The predicted molar refractivity (Wildman–Crippen MR) is 79.0 cm³/mol. The molecule has 2 aromatic rings. The van der Waals surface area contributed by atoms with Crippen LogP contribution in [-0.4, -0.2) is 23.9 Å². The number of benzene rings is 1. The molecule has 0 saturated heterocycles. The fraction of sp³-hybridized carbons (Fsp3) is 0.250. The van der Waals surface area contributed by atoms with Crippen LogP contribution in [-0.2, 0) is 6.61 Å². The lowest BCUT2D eigenvalue weighted by atomic mass is 10.1. The Balaban J connectivity index is 1.71. The third-order valence-corrected chi connectivity index (χ3v) is 3.25. The summed E-state index contributed by atoms with van der Waals surface area (Å²) >= 11 is 0. The van der Waals surface area contributed by atoms with Crippen molar-refractivity contribution in [2.24, 2.45) is 4.99 Å². The molecule has 0 radical (unpaired) electrons. The molecule has 2 heterocycles. The summed E-state index contributed by atoms with van der Waals surface area (Å²) in [7, 11) is 0. The molecule has 0 atom stereocenters. The molecule has 0 amide bonds. The van der Waals surface area contributed by atoms with Crippen LogP contribution in [0.15, 0.2) is 47.7 Å². The molecule has 0 saturated carbocycles. The van der Waals surface area contributed by atoms with Gasteiger partial charge >= 0.3 is 0 Å².